The average Bonchev–Trinajstić information content (AvgIpc) is 2.62. The van der Waals surface area contributed by atoms with Crippen LogP contribution in [0.2, 0.25) is 5.02 Å². The number of amides is 1. The summed E-state index contributed by atoms with van der Waals surface area (Å²) in [5.41, 5.74) is 1.78. The second-order valence-electron chi connectivity index (χ2n) is 6.37. The molecule has 0 bridgehead atoms. The Balaban J connectivity index is 1.85. The lowest BCUT2D eigenvalue weighted by atomic mass is 10.1. The first-order valence-electron chi connectivity index (χ1n) is 8.77. The Morgan fingerprint density at radius 2 is 2.00 bits per heavy atom. The van der Waals surface area contributed by atoms with Crippen LogP contribution in [0.3, 0.4) is 0 Å². The van der Waals surface area contributed by atoms with Gasteiger partial charge in [0.15, 0.2) is 0 Å². The van der Waals surface area contributed by atoms with Crippen LogP contribution < -0.4 is 14.8 Å². The molecule has 1 atom stereocenters. The van der Waals surface area contributed by atoms with Crippen molar-refractivity contribution in [1.82, 2.24) is 10.3 Å². The third kappa shape index (κ3) is 4.86. The Labute approximate surface area is 182 Å². The third-order valence-electron chi connectivity index (χ3n) is 4.05. The molecule has 3 aromatic rings. The fourth-order valence-electron chi connectivity index (χ4n) is 2.79. The molecular weight excluding hydrogens is 491 g/mol. The molecule has 1 amide bonds. The summed E-state index contributed by atoms with van der Waals surface area (Å²) in [6, 6.07) is 14.9. The molecule has 0 radical (unpaired) electrons. The lowest BCUT2D eigenvalue weighted by Gasteiger charge is -2.24. The Morgan fingerprint density at radius 3 is 2.68 bits per heavy atom. The lowest BCUT2D eigenvalue weighted by Crippen LogP contribution is -2.36. The fourth-order valence-corrected chi connectivity index (χ4v) is 3.72. The van der Waals surface area contributed by atoms with Gasteiger partial charge in [-0.25, -0.2) is 4.98 Å². The molecule has 146 valence electrons. The minimum Gasteiger partial charge on any atom is -0.494 e. The summed E-state index contributed by atoms with van der Waals surface area (Å²) in [6.07, 6.45) is 0. The Hall–Kier alpha value is -2.06. The Bertz CT molecular complexity index is 1020. The molecule has 1 N–H and O–H groups in total. The van der Waals surface area contributed by atoms with Crippen LogP contribution in [0.15, 0.2) is 48.5 Å². The third-order valence-corrected chi connectivity index (χ3v) is 5.23. The van der Waals surface area contributed by atoms with E-state index in [0.717, 1.165) is 16.5 Å². The van der Waals surface area contributed by atoms with E-state index < -0.39 is 3.55 Å². The fraction of sp³-hybridized carbons (Fsp3) is 0.238. The predicted molar refractivity (Wildman–Crippen MR) is 120 cm³/mol. The van der Waals surface area contributed by atoms with Gasteiger partial charge in [0.2, 0.25) is 11.8 Å². The van der Waals surface area contributed by atoms with Crippen LogP contribution in [-0.2, 0) is 8.34 Å². The number of benzene rings is 2. The number of carbonyl (C=O) groups excluding carboxylic acids is 1. The van der Waals surface area contributed by atoms with E-state index in [9.17, 15) is 4.79 Å². The molecule has 3 rings (SSSR count). The molecule has 1 aromatic heterocycles. The van der Waals surface area contributed by atoms with Gasteiger partial charge in [-0.3, -0.25) is 4.79 Å². The minimum atomic E-state index is -0.497. The van der Waals surface area contributed by atoms with Crippen molar-refractivity contribution >= 4 is 51.0 Å². The number of aromatic nitrogens is 1. The van der Waals surface area contributed by atoms with Crippen molar-refractivity contribution in [2.24, 2.45) is 0 Å². The highest BCUT2D eigenvalue weighted by molar-refractivity contribution is 14.1. The summed E-state index contributed by atoms with van der Waals surface area (Å²) in [5.74, 6) is 1.58. The average molecular weight is 511 g/mol. The maximum absolute atomic E-state index is 11.4. The van der Waals surface area contributed by atoms with Crippen LogP contribution in [0.25, 0.3) is 10.9 Å². The van der Waals surface area contributed by atoms with E-state index in [4.69, 9.17) is 21.1 Å². The molecule has 0 aliphatic heterocycles. The van der Waals surface area contributed by atoms with Gasteiger partial charge in [-0.05, 0) is 72.3 Å². The number of fused-ring (bicyclic) bond motifs is 1. The number of ether oxygens (including phenoxy) is 2. The predicted octanol–water partition coefficient (Wildman–Crippen LogP) is 5.82. The standard InChI is InChI=1S/C21H20ClIN2O3/c1-4-27-16-7-9-19(17(22)12-16)28-20-10-5-14-11-15(6-8-18(14)24-20)21(3,23)25-13(2)26/h5-12H,4H2,1-3H3,(H,25,26). The molecular formula is C21H20ClIN2O3. The molecule has 0 spiro atoms. The second kappa shape index (κ2) is 8.53. The summed E-state index contributed by atoms with van der Waals surface area (Å²) in [7, 11) is 0. The molecule has 7 heteroatoms. The zero-order valence-electron chi connectivity index (χ0n) is 15.8. The Kier molecular flexibility index (Phi) is 6.30. The van der Waals surface area contributed by atoms with E-state index in [1.165, 1.54) is 6.92 Å². The lowest BCUT2D eigenvalue weighted by molar-refractivity contribution is -0.119. The summed E-state index contributed by atoms with van der Waals surface area (Å²) >= 11 is 8.50. The van der Waals surface area contributed by atoms with E-state index in [2.05, 4.69) is 32.9 Å². The highest BCUT2D eigenvalue weighted by Crippen LogP contribution is 2.34. The number of rotatable bonds is 6. The molecule has 28 heavy (non-hydrogen) atoms. The van der Waals surface area contributed by atoms with E-state index in [0.29, 0.717) is 29.0 Å². The van der Waals surface area contributed by atoms with Crippen molar-refractivity contribution < 1.29 is 14.3 Å². The number of carbonyl (C=O) groups is 1. The van der Waals surface area contributed by atoms with Gasteiger partial charge in [0, 0.05) is 24.4 Å². The van der Waals surface area contributed by atoms with Crippen LogP contribution >= 0.6 is 34.2 Å². The van der Waals surface area contributed by atoms with Crippen LogP contribution in [0.5, 0.6) is 17.4 Å². The van der Waals surface area contributed by atoms with Gasteiger partial charge in [-0.15, -0.1) is 0 Å². The van der Waals surface area contributed by atoms with Crippen molar-refractivity contribution in [2.75, 3.05) is 6.61 Å². The van der Waals surface area contributed by atoms with Crippen molar-refractivity contribution in [1.29, 1.82) is 0 Å². The molecule has 2 aromatic carbocycles. The molecule has 5 nitrogen and oxygen atoms in total. The van der Waals surface area contributed by atoms with Gasteiger partial charge in [-0.2, -0.15) is 0 Å². The van der Waals surface area contributed by atoms with Crippen LogP contribution in [-0.4, -0.2) is 17.5 Å². The van der Waals surface area contributed by atoms with Gasteiger partial charge in [-0.1, -0.05) is 17.7 Å². The number of nitrogens with one attached hydrogen (secondary N) is 1. The first kappa shape index (κ1) is 20.7. The van der Waals surface area contributed by atoms with Gasteiger partial charge < -0.3 is 14.8 Å². The van der Waals surface area contributed by atoms with E-state index in [1.54, 1.807) is 24.3 Å². The summed E-state index contributed by atoms with van der Waals surface area (Å²) < 4.78 is 10.8. The van der Waals surface area contributed by atoms with Gasteiger partial charge >= 0.3 is 0 Å². The molecule has 1 heterocycles. The maximum atomic E-state index is 11.4. The quantitative estimate of drug-likeness (QED) is 0.258. The van der Waals surface area contributed by atoms with Crippen LogP contribution in [0.4, 0.5) is 0 Å². The van der Waals surface area contributed by atoms with Crippen molar-refractivity contribution in [2.45, 2.75) is 24.3 Å². The molecule has 0 aliphatic rings. The number of alkyl halides is 1. The largest absolute Gasteiger partial charge is 0.494 e. The molecule has 0 fully saturated rings. The zero-order chi connectivity index (χ0) is 20.3. The van der Waals surface area contributed by atoms with Gasteiger partial charge in [0.25, 0.3) is 0 Å². The summed E-state index contributed by atoms with van der Waals surface area (Å²) in [5, 5.41) is 4.35. The van der Waals surface area contributed by atoms with Crippen molar-refractivity contribution in [3.05, 3.63) is 59.1 Å². The minimum absolute atomic E-state index is 0.0777. The summed E-state index contributed by atoms with van der Waals surface area (Å²) in [4.78, 5) is 16.0. The van der Waals surface area contributed by atoms with Gasteiger partial charge in [0.05, 0.1) is 17.1 Å². The highest BCUT2D eigenvalue weighted by Gasteiger charge is 2.23. The zero-order valence-corrected chi connectivity index (χ0v) is 18.7. The van der Waals surface area contributed by atoms with Crippen LogP contribution in [0, 0.1) is 0 Å². The molecule has 0 aliphatic carbocycles. The number of hydrogen-bond acceptors (Lipinski definition) is 4. The Morgan fingerprint density at radius 1 is 1.21 bits per heavy atom. The topological polar surface area (TPSA) is 60.5 Å². The first-order chi connectivity index (χ1) is 13.3. The summed E-state index contributed by atoms with van der Waals surface area (Å²) in [6.45, 7) is 5.95. The molecule has 0 saturated heterocycles. The van der Waals surface area contributed by atoms with Crippen molar-refractivity contribution in [3.8, 4) is 17.4 Å². The van der Waals surface area contributed by atoms with E-state index in [1.807, 2.05) is 38.1 Å². The molecule has 0 saturated carbocycles. The number of pyridine rings is 1. The number of hydrogen-bond donors (Lipinski definition) is 1. The highest BCUT2D eigenvalue weighted by atomic mass is 127. The molecule has 1 unspecified atom stereocenters. The number of halogens is 2. The van der Waals surface area contributed by atoms with Crippen molar-refractivity contribution in [3.63, 3.8) is 0 Å². The SMILES string of the molecule is CCOc1ccc(Oc2ccc3cc(C(C)(I)NC(C)=O)ccc3n2)c(Cl)c1. The smallest absolute Gasteiger partial charge is 0.219 e. The van der Waals surface area contributed by atoms with E-state index in [-0.39, 0.29) is 5.91 Å². The maximum Gasteiger partial charge on any atom is 0.219 e. The van der Waals surface area contributed by atoms with E-state index >= 15 is 0 Å². The normalized spacial score (nSPS) is 13.0. The second-order valence-corrected chi connectivity index (χ2v) is 8.93. The monoisotopic (exact) mass is 510 g/mol. The van der Waals surface area contributed by atoms with Gasteiger partial charge in [0.1, 0.15) is 15.0 Å². The first-order valence-corrected chi connectivity index (χ1v) is 10.2. The van der Waals surface area contributed by atoms with Crippen LogP contribution in [0.1, 0.15) is 26.3 Å². The number of nitrogens with zero attached hydrogens (tertiary/aromatic N) is 1.